The van der Waals surface area contributed by atoms with Gasteiger partial charge in [0.25, 0.3) is 0 Å². The molecule has 4 rings (SSSR count). The van der Waals surface area contributed by atoms with Crippen LogP contribution in [0.3, 0.4) is 0 Å². The molecule has 1 amide bonds. The van der Waals surface area contributed by atoms with Gasteiger partial charge in [-0.1, -0.05) is 29.4 Å². The predicted octanol–water partition coefficient (Wildman–Crippen LogP) is 4.14. The van der Waals surface area contributed by atoms with Crippen LogP contribution in [0.25, 0.3) is 0 Å². The van der Waals surface area contributed by atoms with Crippen LogP contribution in [-0.2, 0) is 24.4 Å². The van der Waals surface area contributed by atoms with E-state index in [9.17, 15) is 4.79 Å². The van der Waals surface area contributed by atoms with Crippen molar-refractivity contribution >= 4 is 34.6 Å². The van der Waals surface area contributed by atoms with Gasteiger partial charge in [-0.15, -0.1) is 0 Å². The van der Waals surface area contributed by atoms with Crippen LogP contribution in [0.5, 0.6) is 0 Å². The number of aryl methyl sites for hydroxylation is 2. The summed E-state index contributed by atoms with van der Waals surface area (Å²) in [6.45, 7) is 7.06. The molecule has 1 unspecified atom stereocenters. The van der Waals surface area contributed by atoms with Crippen LogP contribution in [-0.4, -0.2) is 44.8 Å². The summed E-state index contributed by atoms with van der Waals surface area (Å²) in [5, 5.41) is 9.81. The van der Waals surface area contributed by atoms with E-state index in [2.05, 4.69) is 23.3 Å². The average Bonchev–Trinajstić information content (AvgIpc) is 3.31. The van der Waals surface area contributed by atoms with Gasteiger partial charge in [-0.2, -0.15) is 5.10 Å². The Hall–Kier alpha value is -2.19. The standard InChI is InChI=1S/C21H26ClN5O2S/c1-14-8-16(10-17(22)9-14)13-29-21(28)26-5-3-6-27-18(12-26)11-19(25-27)15(2)24-20-23-4-7-30-20/h8-11,15H,3-7,12-13H2,1-2H3,(H,23,24). The van der Waals surface area contributed by atoms with Gasteiger partial charge < -0.3 is 15.0 Å². The third-order valence-corrected chi connectivity index (χ3v) is 6.25. The molecule has 1 aromatic heterocycles. The first-order valence-electron chi connectivity index (χ1n) is 10.2. The molecule has 0 saturated carbocycles. The number of carbonyl (C=O) groups is 1. The van der Waals surface area contributed by atoms with Crippen LogP contribution in [0.4, 0.5) is 4.79 Å². The number of rotatable bonds is 4. The Morgan fingerprint density at radius 1 is 1.33 bits per heavy atom. The fraction of sp³-hybridized carbons (Fsp3) is 0.476. The van der Waals surface area contributed by atoms with Crippen molar-refractivity contribution in [3.8, 4) is 0 Å². The number of aromatic nitrogens is 2. The zero-order valence-electron chi connectivity index (χ0n) is 17.2. The third-order valence-electron chi connectivity index (χ3n) is 5.12. The van der Waals surface area contributed by atoms with Crippen molar-refractivity contribution in [2.24, 2.45) is 4.99 Å². The Kier molecular flexibility index (Phi) is 6.53. The maximum absolute atomic E-state index is 12.7. The predicted molar refractivity (Wildman–Crippen MR) is 120 cm³/mol. The van der Waals surface area contributed by atoms with Crippen LogP contribution in [0, 0.1) is 6.92 Å². The van der Waals surface area contributed by atoms with E-state index >= 15 is 0 Å². The van der Waals surface area contributed by atoms with Crippen LogP contribution >= 0.6 is 23.4 Å². The topological polar surface area (TPSA) is 71.8 Å². The molecule has 1 aromatic carbocycles. The molecule has 0 spiro atoms. The van der Waals surface area contributed by atoms with Crippen molar-refractivity contribution in [1.82, 2.24) is 20.0 Å². The van der Waals surface area contributed by atoms with Gasteiger partial charge in [-0.25, -0.2) is 4.79 Å². The summed E-state index contributed by atoms with van der Waals surface area (Å²) in [6, 6.07) is 7.83. The molecule has 0 aliphatic carbocycles. The monoisotopic (exact) mass is 447 g/mol. The van der Waals surface area contributed by atoms with Gasteiger partial charge in [0.2, 0.25) is 0 Å². The van der Waals surface area contributed by atoms with E-state index in [1.165, 1.54) is 0 Å². The zero-order chi connectivity index (χ0) is 21.1. The Morgan fingerprint density at radius 2 is 2.20 bits per heavy atom. The highest BCUT2D eigenvalue weighted by molar-refractivity contribution is 8.14. The largest absolute Gasteiger partial charge is 0.445 e. The van der Waals surface area contributed by atoms with Crippen molar-refractivity contribution in [3.63, 3.8) is 0 Å². The molecular weight excluding hydrogens is 422 g/mol. The molecule has 3 heterocycles. The lowest BCUT2D eigenvalue weighted by Gasteiger charge is -2.19. The SMILES string of the molecule is Cc1cc(Cl)cc(COC(=O)N2CCCn3nc(C(C)NC4=NCCS4)cc3C2)c1. The molecule has 0 fully saturated rings. The number of aliphatic imine (C=N–C) groups is 1. The van der Waals surface area contributed by atoms with Crippen LogP contribution in [0.2, 0.25) is 5.02 Å². The summed E-state index contributed by atoms with van der Waals surface area (Å²) >= 11 is 7.84. The van der Waals surface area contributed by atoms with Crippen molar-refractivity contribution in [3.05, 3.63) is 51.8 Å². The molecular formula is C21H26ClN5O2S. The molecule has 0 bridgehead atoms. The van der Waals surface area contributed by atoms with E-state index in [4.69, 9.17) is 21.4 Å². The second-order valence-corrected chi connectivity index (χ2v) is 9.17. The molecule has 30 heavy (non-hydrogen) atoms. The number of amidine groups is 1. The molecule has 1 atom stereocenters. The normalized spacial score (nSPS) is 17.2. The highest BCUT2D eigenvalue weighted by atomic mass is 35.5. The number of fused-ring (bicyclic) bond motifs is 1. The van der Waals surface area contributed by atoms with E-state index in [0.717, 1.165) is 52.9 Å². The first kappa shape index (κ1) is 21.1. The molecule has 2 aliphatic rings. The Labute approximate surface area is 185 Å². The fourth-order valence-corrected chi connectivity index (χ4v) is 4.80. The zero-order valence-corrected chi connectivity index (χ0v) is 18.8. The summed E-state index contributed by atoms with van der Waals surface area (Å²) < 4.78 is 7.56. The van der Waals surface area contributed by atoms with E-state index < -0.39 is 0 Å². The molecule has 2 aliphatic heterocycles. The van der Waals surface area contributed by atoms with Crippen LogP contribution in [0.1, 0.15) is 41.9 Å². The maximum atomic E-state index is 12.7. The van der Waals surface area contributed by atoms with E-state index in [-0.39, 0.29) is 18.7 Å². The van der Waals surface area contributed by atoms with Crippen molar-refractivity contribution in [2.75, 3.05) is 18.8 Å². The van der Waals surface area contributed by atoms with E-state index in [1.807, 2.05) is 29.8 Å². The number of nitrogens with zero attached hydrogens (tertiary/aromatic N) is 4. The van der Waals surface area contributed by atoms with Crippen molar-refractivity contribution < 1.29 is 9.53 Å². The Morgan fingerprint density at radius 3 is 2.97 bits per heavy atom. The number of amides is 1. The molecule has 2 aromatic rings. The smallest absolute Gasteiger partial charge is 0.410 e. The number of ether oxygens (including phenoxy) is 1. The minimum Gasteiger partial charge on any atom is -0.445 e. The number of benzene rings is 1. The van der Waals surface area contributed by atoms with Crippen molar-refractivity contribution in [1.29, 1.82) is 0 Å². The van der Waals surface area contributed by atoms with Gasteiger partial charge in [-0.05, 0) is 49.6 Å². The maximum Gasteiger partial charge on any atom is 0.410 e. The number of carbonyl (C=O) groups excluding carboxylic acids is 1. The number of nitrogens with one attached hydrogen (secondary N) is 1. The molecule has 1 N–H and O–H groups in total. The first-order chi connectivity index (χ1) is 14.5. The lowest BCUT2D eigenvalue weighted by Crippen LogP contribution is -2.31. The summed E-state index contributed by atoms with van der Waals surface area (Å²) in [6.07, 6.45) is 0.524. The van der Waals surface area contributed by atoms with E-state index in [1.54, 1.807) is 16.7 Å². The first-order valence-corrected chi connectivity index (χ1v) is 11.5. The van der Waals surface area contributed by atoms with Gasteiger partial charge in [0, 0.05) is 23.9 Å². The summed E-state index contributed by atoms with van der Waals surface area (Å²) in [7, 11) is 0. The highest BCUT2D eigenvalue weighted by Gasteiger charge is 2.23. The Balaban J connectivity index is 1.38. The quantitative estimate of drug-likeness (QED) is 0.762. The minimum absolute atomic E-state index is 0.0697. The Bertz CT molecular complexity index is 941. The second-order valence-electron chi connectivity index (χ2n) is 7.65. The van der Waals surface area contributed by atoms with Crippen LogP contribution in [0.15, 0.2) is 29.3 Å². The summed E-state index contributed by atoms with van der Waals surface area (Å²) in [5.74, 6) is 1.03. The molecule has 160 valence electrons. The summed E-state index contributed by atoms with van der Waals surface area (Å²) in [4.78, 5) is 18.9. The number of thioether (sulfide) groups is 1. The second kappa shape index (κ2) is 9.31. The summed E-state index contributed by atoms with van der Waals surface area (Å²) in [5.41, 5.74) is 3.92. The van der Waals surface area contributed by atoms with Crippen LogP contribution < -0.4 is 5.32 Å². The third kappa shape index (κ3) is 5.10. The average molecular weight is 448 g/mol. The minimum atomic E-state index is -0.313. The molecule has 9 heteroatoms. The van der Waals surface area contributed by atoms with Gasteiger partial charge in [0.1, 0.15) is 6.61 Å². The van der Waals surface area contributed by atoms with Crippen molar-refractivity contribution in [2.45, 2.75) is 46.0 Å². The highest BCUT2D eigenvalue weighted by Crippen LogP contribution is 2.21. The molecule has 7 nitrogen and oxygen atoms in total. The molecule has 0 saturated heterocycles. The van der Waals surface area contributed by atoms with E-state index in [0.29, 0.717) is 18.1 Å². The number of hydrogen-bond donors (Lipinski definition) is 1. The molecule has 0 radical (unpaired) electrons. The number of halogens is 1. The lowest BCUT2D eigenvalue weighted by atomic mass is 10.1. The number of hydrogen-bond acceptors (Lipinski definition) is 6. The fourth-order valence-electron chi connectivity index (χ4n) is 3.67. The van der Waals surface area contributed by atoms with Gasteiger partial charge in [0.05, 0.1) is 30.5 Å². The lowest BCUT2D eigenvalue weighted by molar-refractivity contribution is 0.0942. The van der Waals surface area contributed by atoms with Gasteiger partial charge >= 0.3 is 6.09 Å². The van der Waals surface area contributed by atoms with Gasteiger partial charge in [-0.3, -0.25) is 9.67 Å². The van der Waals surface area contributed by atoms with Gasteiger partial charge in [0.15, 0.2) is 5.17 Å².